The van der Waals surface area contributed by atoms with Gasteiger partial charge in [-0.15, -0.1) is 0 Å². The topological polar surface area (TPSA) is 12.0 Å². The van der Waals surface area contributed by atoms with E-state index in [4.69, 9.17) is 0 Å². The molecule has 0 unspecified atom stereocenters. The minimum atomic E-state index is 0.882. The van der Waals surface area contributed by atoms with E-state index in [1.54, 1.807) is 0 Å². The fourth-order valence-corrected chi connectivity index (χ4v) is 5.62. The van der Waals surface area contributed by atoms with Crippen molar-refractivity contribution in [2.45, 2.75) is 5.32 Å². The molecule has 0 atom stereocenters. The van der Waals surface area contributed by atoms with Crippen LogP contribution in [0.3, 0.4) is 0 Å². The molecule has 1 aliphatic heterocycles. The molecule has 1 rings (SSSR count). The third-order valence-corrected chi connectivity index (χ3v) is 6.49. The Balaban J connectivity index is 2.08. The van der Waals surface area contributed by atoms with E-state index in [-0.39, 0.29) is 0 Å². The number of hydrogen-bond donors (Lipinski definition) is 1. The predicted molar refractivity (Wildman–Crippen MR) is 24.3 cm³/mol. The number of nitrogens with one attached hydrogen (secondary N) is 1. The Morgan fingerprint density at radius 3 is 2.80 bits per heavy atom. The zero-order chi connectivity index (χ0) is 3.54. The summed E-state index contributed by atoms with van der Waals surface area (Å²) < 4.78 is 3.31. The standard InChI is InChI=1S/C2H5NSe2/c1-2-4-5-3-1/h3H,1-2H2. The summed E-state index contributed by atoms with van der Waals surface area (Å²) in [5.74, 6) is 0. The maximum atomic E-state index is 3.31. The Bertz CT molecular complexity index is 19.2. The van der Waals surface area contributed by atoms with E-state index in [1.807, 2.05) is 0 Å². The van der Waals surface area contributed by atoms with E-state index >= 15 is 0 Å². The first kappa shape index (κ1) is 4.17. The SMILES string of the molecule is C1C[Se][Se]N1. The number of rotatable bonds is 0. The molecular formula is C2H5NSe2. The molecule has 30 valence electrons. The van der Waals surface area contributed by atoms with E-state index in [0.29, 0.717) is 0 Å². The molecule has 5 heavy (non-hydrogen) atoms. The summed E-state index contributed by atoms with van der Waals surface area (Å²) in [6.45, 7) is 1.31. The Kier molecular flexibility index (Phi) is 1.85. The molecule has 0 spiro atoms. The van der Waals surface area contributed by atoms with Crippen molar-refractivity contribution < 1.29 is 0 Å². The summed E-state index contributed by atoms with van der Waals surface area (Å²) in [7, 11) is 0. The van der Waals surface area contributed by atoms with Crippen molar-refractivity contribution in [3.8, 4) is 0 Å². The van der Waals surface area contributed by atoms with Crippen molar-refractivity contribution in [3.05, 3.63) is 0 Å². The molecule has 0 aromatic rings. The van der Waals surface area contributed by atoms with Gasteiger partial charge in [0.15, 0.2) is 0 Å². The number of hydrogen-bond acceptors (Lipinski definition) is 1. The average Bonchev–Trinajstić information content (AvgIpc) is 1.76. The monoisotopic (exact) mass is 203 g/mol. The van der Waals surface area contributed by atoms with Crippen LogP contribution in [-0.4, -0.2) is 33.0 Å². The summed E-state index contributed by atoms with van der Waals surface area (Å²) in [4.78, 5) is 0. The average molecular weight is 201 g/mol. The van der Waals surface area contributed by atoms with Crippen LogP contribution in [0.5, 0.6) is 0 Å². The first-order valence-electron chi connectivity index (χ1n) is 1.51. The first-order chi connectivity index (χ1) is 2.50. The normalized spacial score (nSPS) is 24.0. The second-order valence-electron chi connectivity index (χ2n) is 0.800. The molecule has 1 aliphatic rings. The van der Waals surface area contributed by atoms with Crippen molar-refractivity contribution >= 4 is 26.5 Å². The Labute approximate surface area is 43.0 Å². The molecule has 0 saturated carbocycles. The molecular weight excluding hydrogens is 196 g/mol. The minimum absolute atomic E-state index is 0.882. The van der Waals surface area contributed by atoms with Crippen LogP contribution >= 0.6 is 0 Å². The van der Waals surface area contributed by atoms with Crippen molar-refractivity contribution in [1.82, 2.24) is 4.33 Å². The van der Waals surface area contributed by atoms with Crippen LogP contribution in [0.4, 0.5) is 0 Å². The maximum absolute atomic E-state index is 3.31. The molecule has 1 N–H and O–H groups in total. The van der Waals surface area contributed by atoms with Crippen LogP contribution in [-0.2, 0) is 0 Å². The summed E-state index contributed by atoms with van der Waals surface area (Å²) >= 11 is 1.90. The molecule has 1 saturated heterocycles. The van der Waals surface area contributed by atoms with Crippen LogP contribution in [0, 0.1) is 0 Å². The van der Waals surface area contributed by atoms with Gasteiger partial charge in [-0.25, -0.2) is 0 Å². The molecule has 0 bridgehead atoms. The zero-order valence-corrected chi connectivity index (χ0v) is 6.16. The van der Waals surface area contributed by atoms with Gasteiger partial charge in [0.25, 0.3) is 0 Å². The fraction of sp³-hybridized carbons (Fsp3) is 1.00. The fourth-order valence-electron chi connectivity index (χ4n) is 0.208. The molecule has 1 fully saturated rings. The van der Waals surface area contributed by atoms with E-state index in [2.05, 4.69) is 4.33 Å². The summed E-state index contributed by atoms with van der Waals surface area (Å²) in [6.07, 6.45) is 0. The van der Waals surface area contributed by atoms with E-state index in [1.165, 1.54) is 11.9 Å². The van der Waals surface area contributed by atoms with Crippen LogP contribution in [0.1, 0.15) is 0 Å². The van der Waals surface area contributed by atoms with Gasteiger partial charge in [0.1, 0.15) is 0 Å². The van der Waals surface area contributed by atoms with Crippen LogP contribution in [0.25, 0.3) is 0 Å². The van der Waals surface area contributed by atoms with Gasteiger partial charge in [-0.1, -0.05) is 0 Å². The molecule has 3 heteroatoms. The predicted octanol–water partition coefficient (Wildman–Crippen LogP) is -0.754. The van der Waals surface area contributed by atoms with Crippen LogP contribution < -0.4 is 4.33 Å². The second kappa shape index (κ2) is 2.22. The summed E-state index contributed by atoms with van der Waals surface area (Å²) in [5.41, 5.74) is 0. The van der Waals surface area contributed by atoms with Gasteiger partial charge in [0.05, 0.1) is 0 Å². The molecule has 0 amide bonds. The molecule has 0 aromatic carbocycles. The second-order valence-corrected chi connectivity index (χ2v) is 7.49. The molecule has 1 heterocycles. The van der Waals surface area contributed by atoms with Gasteiger partial charge >= 0.3 is 42.7 Å². The molecule has 0 aromatic heterocycles. The van der Waals surface area contributed by atoms with Crippen molar-refractivity contribution in [2.75, 3.05) is 6.54 Å². The van der Waals surface area contributed by atoms with Crippen LogP contribution in [0.15, 0.2) is 0 Å². The Morgan fingerprint density at radius 1 is 1.60 bits per heavy atom. The Hall–Kier alpha value is 0.999. The van der Waals surface area contributed by atoms with E-state index in [0.717, 1.165) is 26.5 Å². The first-order valence-corrected chi connectivity index (χ1v) is 7.91. The van der Waals surface area contributed by atoms with E-state index in [9.17, 15) is 0 Å². The molecule has 0 aliphatic carbocycles. The van der Waals surface area contributed by atoms with Crippen LogP contribution in [0.2, 0.25) is 5.32 Å². The van der Waals surface area contributed by atoms with Crippen molar-refractivity contribution in [1.29, 1.82) is 0 Å². The molecule has 0 radical (unpaired) electrons. The molecule has 1 nitrogen and oxygen atoms in total. The summed E-state index contributed by atoms with van der Waals surface area (Å²) in [6, 6.07) is 0. The van der Waals surface area contributed by atoms with Gasteiger partial charge in [-0.2, -0.15) is 0 Å². The third kappa shape index (κ3) is 1.25. The van der Waals surface area contributed by atoms with Gasteiger partial charge in [-0.3, -0.25) is 0 Å². The summed E-state index contributed by atoms with van der Waals surface area (Å²) in [5, 5.41) is 1.48. The van der Waals surface area contributed by atoms with Gasteiger partial charge in [-0.05, 0) is 0 Å². The zero-order valence-electron chi connectivity index (χ0n) is 2.73. The Morgan fingerprint density at radius 2 is 2.60 bits per heavy atom. The van der Waals surface area contributed by atoms with Gasteiger partial charge < -0.3 is 0 Å². The van der Waals surface area contributed by atoms with E-state index < -0.39 is 0 Å². The van der Waals surface area contributed by atoms with Crippen molar-refractivity contribution in [3.63, 3.8) is 0 Å². The van der Waals surface area contributed by atoms with Gasteiger partial charge in [0, 0.05) is 0 Å². The quantitative estimate of drug-likeness (QED) is 0.508. The van der Waals surface area contributed by atoms with Gasteiger partial charge in [0.2, 0.25) is 0 Å². The van der Waals surface area contributed by atoms with Crippen molar-refractivity contribution in [2.24, 2.45) is 0 Å². The third-order valence-electron chi connectivity index (χ3n) is 0.405.